The van der Waals surface area contributed by atoms with Gasteiger partial charge in [0.1, 0.15) is 27.3 Å². The number of para-hydroxylation sites is 1. The third-order valence-electron chi connectivity index (χ3n) is 7.43. The molecule has 0 fully saturated rings. The third kappa shape index (κ3) is 6.77. The van der Waals surface area contributed by atoms with Crippen LogP contribution in [0, 0.1) is 13.8 Å². The number of aryl methyl sites for hydroxylation is 2. The number of imidazole rings is 1. The number of aromatic amines is 1. The van der Waals surface area contributed by atoms with Gasteiger partial charge in [-0.05, 0) is 50.6 Å². The topological polar surface area (TPSA) is 114 Å². The van der Waals surface area contributed by atoms with Crippen LogP contribution in [-0.4, -0.2) is 37.7 Å². The van der Waals surface area contributed by atoms with Crippen molar-refractivity contribution in [1.82, 2.24) is 19.7 Å². The van der Waals surface area contributed by atoms with E-state index in [1.807, 2.05) is 74.5 Å². The molecule has 2 aromatic heterocycles. The smallest absolute Gasteiger partial charge is 0.265 e. The van der Waals surface area contributed by atoms with Crippen molar-refractivity contribution >= 4 is 46.5 Å². The number of ether oxygens (including phenoxy) is 1. The van der Waals surface area contributed by atoms with Crippen LogP contribution in [0.5, 0.6) is 5.75 Å². The Bertz CT molecular complexity index is 2080. The van der Waals surface area contributed by atoms with Crippen LogP contribution in [0.2, 0.25) is 10.2 Å². The number of hydrogen-bond acceptors (Lipinski definition) is 5. The summed E-state index contributed by atoms with van der Waals surface area (Å²) in [6, 6.07) is 31.1. The Morgan fingerprint density at radius 2 is 1.53 bits per heavy atom. The van der Waals surface area contributed by atoms with Crippen molar-refractivity contribution in [3.05, 3.63) is 130 Å². The number of rotatable bonds is 9. The van der Waals surface area contributed by atoms with Gasteiger partial charge >= 0.3 is 0 Å². The van der Waals surface area contributed by atoms with Gasteiger partial charge < -0.3 is 20.4 Å². The molecule has 0 bridgehead atoms. The monoisotopic (exact) mass is 664 g/mol. The molecule has 1 atom stereocenters. The lowest BCUT2D eigenvalue weighted by molar-refractivity contribution is -0.122. The summed E-state index contributed by atoms with van der Waals surface area (Å²) in [6.07, 6.45) is -0.784. The molecule has 0 spiro atoms. The molecule has 6 aromatic rings. The molecule has 11 heteroatoms. The molecule has 6 rings (SSSR count). The number of carbonyl (C=O) groups excluding carboxylic acids is 2. The number of amides is 2. The Balaban J connectivity index is 1.33. The van der Waals surface area contributed by atoms with E-state index in [4.69, 9.17) is 38.0 Å². The maximum Gasteiger partial charge on any atom is 0.265 e. The molecule has 2 heterocycles. The van der Waals surface area contributed by atoms with E-state index >= 15 is 0 Å². The van der Waals surface area contributed by atoms with Gasteiger partial charge in [-0.2, -0.15) is 9.78 Å². The number of benzene rings is 4. The van der Waals surface area contributed by atoms with Crippen molar-refractivity contribution in [2.75, 3.05) is 10.6 Å². The summed E-state index contributed by atoms with van der Waals surface area (Å²) in [5.74, 6) is 0.313. The Hall–Kier alpha value is -5.38. The molecule has 236 valence electrons. The van der Waals surface area contributed by atoms with Crippen LogP contribution in [0.4, 0.5) is 11.5 Å². The molecule has 9 nitrogen and oxygen atoms in total. The second-order valence-corrected chi connectivity index (χ2v) is 11.7. The van der Waals surface area contributed by atoms with Crippen LogP contribution >= 0.6 is 23.2 Å². The Labute approximate surface area is 281 Å². The highest BCUT2D eigenvalue weighted by molar-refractivity contribution is 6.36. The molecule has 0 saturated carbocycles. The number of nitrogens with zero attached hydrogens (tertiary/aromatic N) is 3. The first-order chi connectivity index (χ1) is 22.7. The van der Waals surface area contributed by atoms with Crippen LogP contribution in [0.3, 0.4) is 0 Å². The number of carbonyl (C=O) groups is 2. The summed E-state index contributed by atoms with van der Waals surface area (Å²) in [4.78, 5) is 34.3. The van der Waals surface area contributed by atoms with E-state index in [9.17, 15) is 9.59 Å². The van der Waals surface area contributed by atoms with E-state index in [1.165, 1.54) is 4.68 Å². The van der Waals surface area contributed by atoms with Gasteiger partial charge in [-0.15, -0.1) is 0 Å². The summed E-state index contributed by atoms with van der Waals surface area (Å²) in [5, 5.41) is 11.0. The van der Waals surface area contributed by atoms with E-state index in [2.05, 4.69) is 15.6 Å². The second kappa shape index (κ2) is 13.5. The molecule has 0 saturated heterocycles. The first-order valence-electron chi connectivity index (χ1n) is 14.8. The van der Waals surface area contributed by atoms with Crippen LogP contribution in [0.25, 0.3) is 28.5 Å². The molecule has 0 radical (unpaired) electrons. The predicted molar refractivity (Wildman–Crippen MR) is 186 cm³/mol. The minimum absolute atomic E-state index is 0.189. The molecular formula is C36H30Cl2N6O3. The number of nitrogens with one attached hydrogen (secondary N) is 3. The number of aromatic nitrogens is 4. The van der Waals surface area contributed by atoms with Crippen molar-refractivity contribution in [1.29, 1.82) is 0 Å². The van der Waals surface area contributed by atoms with E-state index in [0.29, 0.717) is 34.0 Å². The Morgan fingerprint density at radius 3 is 2.26 bits per heavy atom. The highest BCUT2D eigenvalue weighted by Crippen LogP contribution is 2.37. The number of halogens is 2. The zero-order valence-corrected chi connectivity index (χ0v) is 27.2. The fourth-order valence-corrected chi connectivity index (χ4v) is 5.54. The molecule has 3 N–H and O–H groups in total. The van der Waals surface area contributed by atoms with E-state index in [1.54, 1.807) is 49.4 Å². The molecule has 4 aromatic carbocycles. The fraction of sp³-hybridized carbons (Fsp3) is 0.111. The molecule has 0 aliphatic heterocycles. The van der Waals surface area contributed by atoms with Crippen molar-refractivity contribution in [3.8, 4) is 34.2 Å². The maximum atomic E-state index is 13.3. The average Bonchev–Trinajstić information content (AvgIpc) is 3.62. The highest BCUT2D eigenvalue weighted by atomic mass is 35.5. The zero-order chi connectivity index (χ0) is 33.1. The molecule has 0 aliphatic carbocycles. The molecule has 1 unspecified atom stereocenters. The van der Waals surface area contributed by atoms with Crippen molar-refractivity contribution < 1.29 is 14.3 Å². The van der Waals surface area contributed by atoms with E-state index < -0.39 is 6.10 Å². The number of anilines is 2. The van der Waals surface area contributed by atoms with Gasteiger partial charge in [-0.3, -0.25) is 9.59 Å². The van der Waals surface area contributed by atoms with Gasteiger partial charge in [0.2, 0.25) is 5.95 Å². The quantitative estimate of drug-likeness (QED) is 0.143. The summed E-state index contributed by atoms with van der Waals surface area (Å²) < 4.78 is 7.38. The van der Waals surface area contributed by atoms with Gasteiger partial charge in [0, 0.05) is 16.7 Å². The largest absolute Gasteiger partial charge is 0.481 e. The fourth-order valence-electron chi connectivity index (χ4n) is 5.04. The molecular weight excluding hydrogens is 635 g/mol. The number of hydrogen-bond donors (Lipinski definition) is 3. The lowest BCUT2D eigenvalue weighted by atomic mass is 10.1. The van der Waals surface area contributed by atoms with Gasteiger partial charge in [-0.1, -0.05) is 108 Å². The van der Waals surface area contributed by atoms with Crippen LogP contribution in [0.15, 0.2) is 103 Å². The van der Waals surface area contributed by atoms with E-state index in [-0.39, 0.29) is 33.8 Å². The molecule has 47 heavy (non-hydrogen) atoms. The van der Waals surface area contributed by atoms with Crippen molar-refractivity contribution in [2.45, 2.75) is 26.9 Å². The van der Waals surface area contributed by atoms with Gasteiger partial charge in [0.15, 0.2) is 11.9 Å². The van der Waals surface area contributed by atoms with Gasteiger partial charge in [0.25, 0.3) is 11.8 Å². The SMILES string of the molecule is Cc1ccc(OC(C)C(=O)Nc2ccccc2-c2nc(-n3nc(-c4ccccc4)c(Cl)c3NC(=O)c3ccccc3)[nH]c2Cl)c(C)c1. The average molecular weight is 666 g/mol. The predicted octanol–water partition coefficient (Wildman–Crippen LogP) is 8.51. The zero-order valence-electron chi connectivity index (χ0n) is 25.7. The van der Waals surface area contributed by atoms with Gasteiger partial charge in [0.05, 0.1) is 5.69 Å². The second-order valence-electron chi connectivity index (χ2n) is 10.9. The van der Waals surface area contributed by atoms with Crippen LogP contribution in [0.1, 0.15) is 28.4 Å². The van der Waals surface area contributed by atoms with Crippen molar-refractivity contribution in [2.24, 2.45) is 0 Å². The Morgan fingerprint density at radius 1 is 0.851 bits per heavy atom. The van der Waals surface area contributed by atoms with E-state index in [0.717, 1.165) is 16.7 Å². The summed E-state index contributed by atoms with van der Waals surface area (Å²) in [5.41, 5.74) is 5.07. The molecule has 0 aliphatic rings. The first kappa shape index (κ1) is 31.6. The van der Waals surface area contributed by atoms with Crippen molar-refractivity contribution in [3.63, 3.8) is 0 Å². The minimum Gasteiger partial charge on any atom is -0.481 e. The lowest BCUT2D eigenvalue weighted by Crippen LogP contribution is -2.30. The normalized spacial score (nSPS) is 11.6. The van der Waals surface area contributed by atoms with Gasteiger partial charge in [-0.25, -0.2) is 4.98 Å². The first-order valence-corrected chi connectivity index (χ1v) is 15.6. The standard InChI is InChI=1S/C36H30Cl2N6O3/c1-21-18-19-28(22(2)20-21)47-23(3)34(45)39-27-17-11-10-16-26(27)31-32(38)41-36(40-31)44-33(42-35(46)25-14-8-5-9-15-25)29(37)30(43-44)24-12-6-4-7-13-24/h4-20,23H,1-3H3,(H,39,45)(H,40,41)(H,42,46). The van der Waals surface area contributed by atoms with Crippen LogP contribution in [-0.2, 0) is 4.79 Å². The third-order valence-corrected chi connectivity index (χ3v) is 8.07. The summed E-state index contributed by atoms with van der Waals surface area (Å²) in [7, 11) is 0. The minimum atomic E-state index is -0.784. The summed E-state index contributed by atoms with van der Waals surface area (Å²) >= 11 is 13.6. The summed E-state index contributed by atoms with van der Waals surface area (Å²) in [6.45, 7) is 5.63. The lowest BCUT2D eigenvalue weighted by Gasteiger charge is -2.17. The Kier molecular flexibility index (Phi) is 9.10. The highest BCUT2D eigenvalue weighted by Gasteiger charge is 2.25. The van der Waals surface area contributed by atoms with Crippen LogP contribution < -0.4 is 15.4 Å². The number of H-pyrrole nitrogens is 1. The maximum absolute atomic E-state index is 13.3. The molecule has 2 amide bonds.